The monoisotopic (exact) mass is 2810 g/mol. The van der Waals surface area contributed by atoms with Crippen molar-refractivity contribution in [3.8, 4) is 0 Å². The first kappa shape index (κ1) is 898. The maximum Gasteiger partial charge on any atom is 1.00 e. The molecule has 0 spiro atoms. The summed E-state index contributed by atoms with van der Waals surface area (Å²) in [5.74, 6) is 0. The van der Waals surface area contributed by atoms with Crippen molar-refractivity contribution in [2.24, 2.45) is 0 Å². The van der Waals surface area contributed by atoms with Crippen LogP contribution < -0.4 is 3280 Å². The third kappa shape index (κ3) is 878. The van der Waals surface area contributed by atoms with Crippen molar-refractivity contribution in [1.82, 2.24) is 0 Å². The number of halogens is 2. The first-order valence-electron chi connectivity index (χ1n) is 0. The molecule has 0 saturated carbocycles. The van der Waals surface area contributed by atoms with E-state index in [-0.39, 0.29) is 3330 Å². The van der Waals surface area contributed by atoms with E-state index in [9.17, 15) is 0 Å². The van der Waals surface area contributed by atoms with E-state index in [1.54, 1.807) is 0 Å². The summed E-state index contributed by atoms with van der Waals surface area (Å²) in [5.41, 5.74) is 0. The van der Waals surface area contributed by atoms with Gasteiger partial charge in [-0.25, -0.2) is 0 Å². The fourth-order valence-corrected chi connectivity index (χ4v) is 0. The van der Waals surface area contributed by atoms with Crippen molar-refractivity contribution < 1.29 is 3280 Å². The second-order valence-electron chi connectivity index (χ2n) is 0. The van der Waals surface area contributed by atoms with Gasteiger partial charge in [0.1, 0.15) is 0 Å². The van der Waals surface area contributed by atoms with E-state index in [0.29, 0.717) is 0 Å². The molecule has 0 atom stereocenters. The second-order valence-corrected chi connectivity index (χ2v) is 0. The third-order valence-electron chi connectivity index (χ3n) is 0. The third-order valence-corrected chi connectivity index (χ3v) is 0. The zero-order valence-corrected chi connectivity index (χ0v) is 338. The van der Waals surface area contributed by atoms with E-state index in [1.165, 1.54) is 0 Å². The Labute approximate surface area is 3200 Å². The van der Waals surface area contributed by atoms with Gasteiger partial charge in [-0.15, -0.1) is 48.0 Å². The van der Waals surface area contributed by atoms with Crippen molar-refractivity contribution in [3.63, 3.8) is 0 Å². The molecule has 0 fully saturated rings. The molecule has 0 heterocycles. The topological polar surface area (TPSA) is 0 Å². The van der Waals surface area contributed by atoms with Gasteiger partial charge < -0.3 is 0 Å². The molecule has 0 nitrogen and oxygen atoms in total. The first-order valence-corrected chi connectivity index (χ1v) is 0. The van der Waals surface area contributed by atoms with Crippen LogP contribution in [-0.2, 0) is 0 Å². The van der Waals surface area contributed by atoms with E-state index < -0.39 is 0 Å². The summed E-state index contributed by atoms with van der Waals surface area (Å²) in [5, 5.41) is 0. The van der Waals surface area contributed by atoms with Crippen LogP contribution in [0.5, 0.6) is 0 Å². The summed E-state index contributed by atoms with van der Waals surface area (Å²) in [7, 11) is 0. The maximum absolute atomic E-state index is 0. The van der Waals surface area contributed by atoms with Crippen LogP contribution in [0.1, 0.15) is 0 Å². The summed E-state index contributed by atoms with van der Waals surface area (Å²) in [6, 6.07) is 0. The molecule has 0 aliphatic carbocycles. The summed E-state index contributed by atoms with van der Waals surface area (Å²) < 4.78 is 0. The first-order chi connectivity index (χ1) is 0. The molecule has 113 heavy (non-hydrogen) atoms. The Kier molecular flexibility index (Phi) is 7040. The fourth-order valence-electron chi connectivity index (χ4n) is 0. The molecular weight excluding hydrogens is 2810 g/mol. The normalized spacial score (nSPS) is 0. The Morgan fingerprint density at radius 1 is 0.0177 bits per heavy atom. The smallest absolute Gasteiger partial charge is 0.107 e. The van der Waals surface area contributed by atoms with Gasteiger partial charge in [-0.2, -0.15) is 0 Å². The van der Waals surface area contributed by atoms with Gasteiger partial charge in [0.15, 0.2) is 0 Å². The Morgan fingerprint density at radius 3 is 0.0177 bits per heavy atom. The van der Waals surface area contributed by atoms with E-state index in [0.717, 1.165) is 0 Å². The SMILES string of the molecule is I.I.[Na+].[Na+].[Na+].[Na+].[Na+].[Na+].[Na+].[Na+].[Na+].[Na+].[Na+].[Na+].[Na+].[Na+].[Na+].[Na+].[Na+].[Na+].[Na+].[Na+].[Na+].[Na+].[Na+].[Na+].[Na+].[Na+].[Na+].[Na+].[Na+].[Na+].[Na+].[Na+].[Na+].[Na+].[Na+].[Na+].[Na+].[Na+].[Na+].[Na+].[Na+].[Na+].[Na+].[Na+].[Na+].[Na+].[Na+].[Na+].[Na+].[Na+].[Na+].[Na+].[Na+].[Na+].[Na+].[Na+].[Na+].[Na+].[Na+].[Na+].[Na+].[Na+].[Na+].[Na+].[Na+].[Na+].[Na+].[Na+].[Na+].[Na+].[Na+].[Na+].[Na+].[Na+].[Na+].[Na+].[Na+].[Na+].[Na+].[Na+].[Na+].[Na+].[Na+].[Na+].[Na+].[Na+].[Na+].[Na+].[Na+].[Na+].[Na+].[Na+].[Na+].[Na+].[Na+].[Na+].[Na+].[Na+].[Na+].[Na+].[Na+].[Na+].[Na+].[Na+].[Na+].[Na+].[Na+].[Na+].[Na+].[Na+].[Na+]. The molecule has 0 aromatic carbocycles. The van der Waals surface area contributed by atoms with Crippen LogP contribution in [0.25, 0.3) is 0 Å². The molecule has 0 aliphatic rings. The van der Waals surface area contributed by atoms with Crippen molar-refractivity contribution in [2.75, 3.05) is 0 Å². The molecule has 113 heteroatoms. The average Bonchev–Trinajstić information content (AvgIpc) is 0. The van der Waals surface area contributed by atoms with Crippen molar-refractivity contribution in [2.45, 2.75) is 0 Å². The molecule has 0 N–H and O–H groups in total. The minimum atomic E-state index is 0. The van der Waals surface area contributed by atoms with Crippen molar-refractivity contribution in [3.05, 3.63) is 0 Å². The summed E-state index contributed by atoms with van der Waals surface area (Å²) in [4.78, 5) is 0. The van der Waals surface area contributed by atoms with Gasteiger partial charge in [0.25, 0.3) is 0 Å². The largest absolute Gasteiger partial charge is 1.00 e. The van der Waals surface area contributed by atoms with Crippen LogP contribution in [0.3, 0.4) is 0 Å². The van der Waals surface area contributed by atoms with Gasteiger partial charge >= 0.3 is 3280 Å². The van der Waals surface area contributed by atoms with Crippen LogP contribution in [0.4, 0.5) is 0 Å². The van der Waals surface area contributed by atoms with Gasteiger partial charge in [0.2, 0.25) is 0 Å². The van der Waals surface area contributed by atoms with E-state index in [1.807, 2.05) is 0 Å². The Balaban J connectivity index is 0. The zero-order chi connectivity index (χ0) is 0. The molecule has 0 bridgehead atoms. The van der Waals surface area contributed by atoms with Crippen LogP contribution >= 0.6 is 48.0 Å². The minimum absolute atomic E-state index is 0. The molecule has 0 aliphatic heterocycles. The van der Waals surface area contributed by atoms with Crippen LogP contribution in [0, 0.1) is 0 Å². The van der Waals surface area contributed by atoms with Crippen molar-refractivity contribution >= 4 is 48.0 Å². The molecule has 16 valence electrons. The van der Waals surface area contributed by atoms with E-state index >= 15 is 0 Å². The molecule has 0 aromatic rings. The molecule has 0 rings (SSSR count). The minimum Gasteiger partial charge on any atom is -0.107 e. The predicted molar refractivity (Wildman–Crippen MR) is 30.8 cm³/mol. The zero-order valence-electron chi connectivity index (χ0n) is 112. The average molecular weight is 2810 g/mol. The Hall–Kier alpha value is 112. The van der Waals surface area contributed by atoms with Gasteiger partial charge in [0, 0.05) is 0 Å². The maximum atomic E-state index is 0. The quantitative estimate of drug-likeness (QED) is 0.168. The van der Waals surface area contributed by atoms with Crippen LogP contribution in [0.15, 0.2) is 0 Å². The number of rotatable bonds is 0. The molecule has 0 unspecified atom stereocenters. The molecule has 0 saturated heterocycles. The van der Waals surface area contributed by atoms with Gasteiger partial charge in [-0.1, -0.05) is 0 Å². The number of hydrogen-bond acceptors (Lipinski definition) is 0. The van der Waals surface area contributed by atoms with Crippen LogP contribution in [-0.4, -0.2) is 0 Å². The number of hydrogen-bond donors (Lipinski definition) is 0. The standard InChI is InChI=1S/2HI.111Na/h2*1H;;;;;;;;;;;;;;;;;;;;;;;;;;;;;;;;;;;;;;;;;;;;;;;;;;;;;;;;;;;;;;;;;;;;;;;;;;;;;;;;;;;;;;;;;;;;;;;;;;;;;;;;;;;;;;;/q;;111*+1. The molecular formula is H2I2Na111+111. The second kappa shape index (κ2) is 886. The van der Waals surface area contributed by atoms with Gasteiger partial charge in [0.05, 0.1) is 0 Å². The molecule has 0 radical (unpaired) electrons. The Morgan fingerprint density at radius 2 is 0.0177 bits per heavy atom. The van der Waals surface area contributed by atoms with Gasteiger partial charge in [-0.3, -0.25) is 0 Å². The predicted octanol–water partition coefficient (Wildman–Crippen LogP) is -331. The summed E-state index contributed by atoms with van der Waals surface area (Å²) in [6.45, 7) is 0. The fraction of sp³-hybridized carbons (Fsp3) is 0. The summed E-state index contributed by atoms with van der Waals surface area (Å²) >= 11 is 0. The summed E-state index contributed by atoms with van der Waals surface area (Å²) in [6.07, 6.45) is 0. The van der Waals surface area contributed by atoms with E-state index in [4.69, 9.17) is 0 Å². The van der Waals surface area contributed by atoms with Gasteiger partial charge in [-0.05, 0) is 0 Å². The molecule has 0 amide bonds. The molecule has 0 aromatic heterocycles. The van der Waals surface area contributed by atoms with Crippen molar-refractivity contribution in [1.29, 1.82) is 0 Å². The van der Waals surface area contributed by atoms with E-state index in [2.05, 4.69) is 0 Å². The Bertz CT molecular complexity index is 14.5. The van der Waals surface area contributed by atoms with Crippen LogP contribution in [0.2, 0.25) is 0 Å².